The van der Waals surface area contributed by atoms with Gasteiger partial charge in [-0.15, -0.1) is 0 Å². The zero-order valence-electron chi connectivity index (χ0n) is 14.4. The third-order valence-electron chi connectivity index (χ3n) is 3.93. The van der Waals surface area contributed by atoms with E-state index in [1.807, 2.05) is 36.2 Å². The molecule has 2 aromatic carbocycles. The van der Waals surface area contributed by atoms with E-state index in [0.717, 1.165) is 5.56 Å². The Balaban J connectivity index is 2.00. The summed E-state index contributed by atoms with van der Waals surface area (Å²) in [4.78, 5) is 21.6. The summed E-state index contributed by atoms with van der Waals surface area (Å²) in [5.41, 5.74) is 7.84. The quantitative estimate of drug-likeness (QED) is 0.691. The van der Waals surface area contributed by atoms with Gasteiger partial charge in [-0.1, -0.05) is 12.1 Å². The number of aromatic nitrogens is 2. The second-order valence-electron chi connectivity index (χ2n) is 5.71. The van der Waals surface area contributed by atoms with Crippen molar-refractivity contribution in [3.63, 3.8) is 0 Å². The van der Waals surface area contributed by atoms with Crippen molar-refractivity contribution in [1.29, 1.82) is 0 Å². The number of methoxy groups -OCH3 is 2. The molecule has 7 heteroatoms. The lowest BCUT2D eigenvalue weighted by molar-refractivity contribution is 0.355. The molecule has 0 aliphatic heterocycles. The summed E-state index contributed by atoms with van der Waals surface area (Å²) in [5.74, 6) is 1.48. The standard InChI is InChI=1S/C18H20N4O3/c1-22(10-11-5-4-6-12(19)7-11)18-20-14-9-16(25-3)15(24-2)8-13(14)17(23)21-18/h4-9H,10,19H2,1-3H3,(H,20,21,23). The van der Waals surface area contributed by atoms with Gasteiger partial charge in [0.1, 0.15) is 0 Å². The molecule has 0 amide bonds. The molecule has 1 heterocycles. The normalized spacial score (nSPS) is 10.7. The van der Waals surface area contributed by atoms with E-state index >= 15 is 0 Å². The van der Waals surface area contributed by atoms with Gasteiger partial charge in [-0.25, -0.2) is 4.98 Å². The fourth-order valence-electron chi connectivity index (χ4n) is 2.67. The minimum atomic E-state index is -0.236. The molecule has 25 heavy (non-hydrogen) atoms. The smallest absolute Gasteiger partial charge is 0.260 e. The summed E-state index contributed by atoms with van der Waals surface area (Å²) in [6.07, 6.45) is 0. The van der Waals surface area contributed by atoms with Gasteiger partial charge in [0.05, 0.1) is 25.1 Å². The number of nitrogens with two attached hydrogens (primary N) is 1. The summed E-state index contributed by atoms with van der Waals surface area (Å²) in [7, 11) is 4.93. The van der Waals surface area contributed by atoms with Crippen LogP contribution in [0, 0.1) is 0 Å². The number of hydrogen-bond donors (Lipinski definition) is 2. The van der Waals surface area contributed by atoms with Crippen molar-refractivity contribution < 1.29 is 9.47 Å². The maximum atomic E-state index is 12.4. The van der Waals surface area contributed by atoms with E-state index < -0.39 is 0 Å². The van der Waals surface area contributed by atoms with Gasteiger partial charge in [-0.3, -0.25) is 9.78 Å². The number of anilines is 2. The Morgan fingerprint density at radius 2 is 1.88 bits per heavy atom. The summed E-state index contributed by atoms with van der Waals surface area (Å²) in [6.45, 7) is 0.562. The number of benzene rings is 2. The third kappa shape index (κ3) is 3.35. The van der Waals surface area contributed by atoms with Gasteiger partial charge in [0.2, 0.25) is 5.95 Å². The van der Waals surface area contributed by atoms with Crippen LogP contribution in [0.1, 0.15) is 5.56 Å². The zero-order valence-corrected chi connectivity index (χ0v) is 14.4. The van der Waals surface area contributed by atoms with Crippen LogP contribution in [0.25, 0.3) is 10.9 Å². The molecule has 0 saturated heterocycles. The summed E-state index contributed by atoms with van der Waals surface area (Å²) in [6, 6.07) is 10.9. The van der Waals surface area contributed by atoms with E-state index in [-0.39, 0.29) is 5.56 Å². The average molecular weight is 340 g/mol. The average Bonchev–Trinajstić information content (AvgIpc) is 2.60. The van der Waals surface area contributed by atoms with Crippen LogP contribution in [0.2, 0.25) is 0 Å². The Hall–Kier alpha value is -3.22. The SMILES string of the molecule is COc1cc2nc(N(C)Cc3cccc(N)c3)[nH]c(=O)c2cc1OC. The molecule has 130 valence electrons. The molecule has 0 radical (unpaired) electrons. The molecule has 0 aliphatic carbocycles. The first-order valence-corrected chi connectivity index (χ1v) is 7.73. The van der Waals surface area contributed by atoms with Crippen LogP contribution < -0.4 is 25.7 Å². The lowest BCUT2D eigenvalue weighted by Crippen LogP contribution is -2.23. The monoisotopic (exact) mass is 340 g/mol. The lowest BCUT2D eigenvalue weighted by atomic mass is 10.2. The summed E-state index contributed by atoms with van der Waals surface area (Å²) in [5, 5.41) is 0.443. The van der Waals surface area contributed by atoms with Gasteiger partial charge in [-0.05, 0) is 23.8 Å². The number of hydrogen-bond acceptors (Lipinski definition) is 6. The minimum Gasteiger partial charge on any atom is -0.493 e. The van der Waals surface area contributed by atoms with Crippen LogP contribution >= 0.6 is 0 Å². The highest BCUT2D eigenvalue weighted by atomic mass is 16.5. The summed E-state index contributed by atoms with van der Waals surface area (Å²) < 4.78 is 10.5. The van der Waals surface area contributed by atoms with E-state index in [1.165, 1.54) is 7.11 Å². The van der Waals surface area contributed by atoms with Crippen molar-refractivity contribution in [2.24, 2.45) is 0 Å². The molecule has 0 spiro atoms. The Labute approximate surface area is 145 Å². The number of aromatic amines is 1. The van der Waals surface area contributed by atoms with Crippen LogP contribution in [0.5, 0.6) is 11.5 Å². The molecule has 1 aromatic heterocycles. The van der Waals surface area contributed by atoms with Crippen molar-refractivity contribution in [2.45, 2.75) is 6.54 Å². The molecule has 3 aromatic rings. The first kappa shape index (κ1) is 16.6. The number of fused-ring (bicyclic) bond motifs is 1. The predicted molar refractivity (Wildman–Crippen MR) is 98.4 cm³/mol. The van der Waals surface area contributed by atoms with E-state index in [9.17, 15) is 4.79 Å². The van der Waals surface area contributed by atoms with Crippen molar-refractivity contribution in [2.75, 3.05) is 31.9 Å². The Kier molecular flexibility index (Phi) is 4.47. The Morgan fingerprint density at radius 3 is 2.56 bits per heavy atom. The molecule has 0 saturated carbocycles. The number of nitrogens with zero attached hydrogens (tertiary/aromatic N) is 2. The van der Waals surface area contributed by atoms with Crippen LogP contribution in [-0.2, 0) is 6.54 Å². The highest BCUT2D eigenvalue weighted by Crippen LogP contribution is 2.30. The second-order valence-corrected chi connectivity index (χ2v) is 5.71. The van der Waals surface area contributed by atoms with E-state index in [2.05, 4.69) is 9.97 Å². The first-order valence-electron chi connectivity index (χ1n) is 7.73. The van der Waals surface area contributed by atoms with Crippen LogP contribution in [0.15, 0.2) is 41.2 Å². The minimum absolute atomic E-state index is 0.236. The second kappa shape index (κ2) is 6.72. The van der Waals surface area contributed by atoms with Crippen LogP contribution in [-0.4, -0.2) is 31.2 Å². The van der Waals surface area contributed by atoms with Crippen LogP contribution in [0.3, 0.4) is 0 Å². The van der Waals surface area contributed by atoms with Gasteiger partial charge in [-0.2, -0.15) is 0 Å². The predicted octanol–water partition coefficient (Wildman–Crippen LogP) is 2.16. The highest BCUT2D eigenvalue weighted by molar-refractivity contribution is 5.82. The molecule has 0 unspecified atom stereocenters. The maximum absolute atomic E-state index is 12.4. The molecular formula is C18H20N4O3. The van der Waals surface area contributed by atoms with E-state index in [1.54, 1.807) is 19.2 Å². The molecule has 3 rings (SSSR count). The summed E-state index contributed by atoms with van der Waals surface area (Å²) >= 11 is 0. The topological polar surface area (TPSA) is 93.5 Å². The van der Waals surface area contributed by atoms with Crippen LogP contribution in [0.4, 0.5) is 11.6 Å². The van der Waals surface area contributed by atoms with Gasteiger partial charge >= 0.3 is 0 Å². The largest absolute Gasteiger partial charge is 0.493 e. The van der Waals surface area contributed by atoms with Crippen molar-refractivity contribution in [3.05, 3.63) is 52.3 Å². The number of nitrogens with one attached hydrogen (secondary N) is 1. The molecular weight excluding hydrogens is 320 g/mol. The van der Waals surface area contributed by atoms with Gasteiger partial charge < -0.3 is 20.1 Å². The Morgan fingerprint density at radius 1 is 1.16 bits per heavy atom. The zero-order chi connectivity index (χ0) is 18.0. The highest BCUT2D eigenvalue weighted by Gasteiger charge is 2.13. The van der Waals surface area contributed by atoms with Crippen molar-refractivity contribution in [1.82, 2.24) is 9.97 Å². The molecule has 0 atom stereocenters. The third-order valence-corrected chi connectivity index (χ3v) is 3.93. The lowest BCUT2D eigenvalue weighted by Gasteiger charge is -2.18. The number of nitrogen functional groups attached to an aromatic ring is 1. The number of rotatable bonds is 5. The first-order chi connectivity index (χ1) is 12.0. The van der Waals surface area contributed by atoms with E-state index in [0.29, 0.717) is 40.6 Å². The molecule has 0 aliphatic rings. The number of ether oxygens (including phenoxy) is 2. The molecule has 0 fully saturated rings. The Bertz CT molecular complexity index is 968. The number of H-pyrrole nitrogens is 1. The molecule has 0 bridgehead atoms. The fraction of sp³-hybridized carbons (Fsp3) is 0.222. The van der Waals surface area contributed by atoms with Gasteiger partial charge in [0.15, 0.2) is 11.5 Å². The molecule has 3 N–H and O–H groups in total. The van der Waals surface area contributed by atoms with E-state index in [4.69, 9.17) is 15.2 Å². The maximum Gasteiger partial charge on any atom is 0.260 e. The van der Waals surface area contributed by atoms with Crippen molar-refractivity contribution >= 4 is 22.5 Å². The van der Waals surface area contributed by atoms with Gasteiger partial charge in [0, 0.05) is 25.3 Å². The van der Waals surface area contributed by atoms with Gasteiger partial charge in [0.25, 0.3) is 5.56 Å². The fourth-order valence-corrected chi connectivity index (χ4v) is 2.67. The molecule has 7 nitrogen and oxygen atoms in total. The van der Waals surface area contributed by atoms with Crippen molar-refractivity contribution in [3.8, 4) is 11.5 Å².